The molecule has 0 spiro atoms. The van der Waals surface area contributed by atoms with Gasteiger partial charge in [-0.3, -0.25) is 9.38 Å². The lowest BCUT2D eigenvalue weighted by molar-refractivity contribution is 1.13. The molecular weight excluding hydrogens is 643 g/mol. The number of imidazole rings is 1. The Morgan fingerprint density at radius 1 is 0.377 bits per heavy atom. The number of hydrogen-bond acceptors (Lipinski definition) is 2. The summed E-state index contributed by atoms with van der Waals surface area (Å²) >= 11 is 0. The molecule has 53 heavy (non-hydrogen) atoms. The second-order valence-electron chi connectivity index (χ2n) is 13.7. The lowest BCUT2D eigenvalue weighted by Gasteiger charge is -2.20. The normalized spacial score (nSPS) is 11.8. The van der Waals surface area contributed by atoms with Crippen LogP contribution in [0.5, 0.6) is 0 Å². The van der Waals surface area contributed by atoms with E-state index in [2.05, 4.69) is 173 Å². The third kappa shape index (κ3) is 4.47. The van der Waals surface area contributed by atoms with Gasteiger partial charge in [-0.05, 0) is 77.2 Å². The Bertz CT molecular complexity index is 2920. The molecule has 11 rings (SSSR count). The number of benzene rings is 8. The van der Waals surface area contributed by atoms with Crippen LogP contribution in [0.3, 0.4) is 0 Å². The predicted molar refractivity (Wildman–Crippen MR) is 220 cm³/mol. The Hall–Kier alpha value is -7.10. The first-order valence-corrected chi connectivity index (χ1v) is 18.1. The van der Waals surface area contributed by atoms with E-state index in [0.717, 1.165) is 28.2 Å². The van der Waals surface area contributed by atoms with Crippen LogP contribution in [0.4, 0.5) is 0 Å². The van der Waals surface area contributed by atoms with Gasteiger partial charge < -0.3 is 0 Å². The summed E-state index contributed by atoms with van der Waals surface area (Å²) in [6, 6.07) is 61.7. The third-order valence-electron chi connectivity index (χ3n) is 10.9. The van der Waals surface area contributed by atoms with Gasteiger partial charge in [0, 0.05) is 23.5 Å². The second-order valence-corrected chi connectivity index (χ2v) is 13.7. The Morgan fingerprint density at radius 2 is 0.906 bits per heavy atom. The minimum Gasteiger partial charge on any atom is -0.296 e. The number of aromatic nitrogens is 3. The monoisotopic (exact) mass is 673 g/mol. The van der Waals surface area contributed by atoms with Gasteiger partial charge in [-0.15, -0.1) is 0 Å². The van der Waals surface area contributed by atoms with Crippen LogP contribution in [-0.4, -0.2) is 14.4 Å². The maximum absolute atomic E-state index is 5.01. The zero-order valence-electron chi connectivity index (χ0n) is 28.7. The maximum Gasteiger partial charge on any atom is 0.156 e. The number of fused-ring (bicyclic) bond motifs is 5. The molecule has 1 aliphatic carbocycles. The molecule has 0 bridgehead atoms. The van der Waals surface area contributed by atoms with Crippen molar-refractivity contribution in [3.05, 3.63) is 188 Å². The Balaban J connectivity index is 1.13. The predicted octanol–water partition coefficient (Wildman–Crippen LogP) is 13.0. The Kier molecular flexibility index (Phi) is 6.55. The van der Waals surface area contributed by atoms with Crippen molar-refractivity contribution in [3.63, 3.8) is 0 Å². The second kappa shape index (κ2) is 11.7. The molecule has 2 aromatic heterocycles. The van der Waals surface area contributed by atoms with E-state index >= 15 is 0 Å². The van der Waals surface area contributed by atoms with Crippen molar-refractivity contribution < 1.29 is 0 Å². The summed E-state index contributed by atoms with van der Waals surface area (Å²) in [4.78, 5) is 9.35. The van der Waals surface area contributed by atoms with Crippen LogP contribution in [-0.2, 0) is 0 Å². The lowest BCUT2D eigenvalue weighted by atomic mass is 9.82. The van der Waals surface area contributed by atoms with Gasteiger partial charge in [-0.1, -0.05) is 170 Å². The minimum absolute atomic E-state index is 0.829. The first-order valence-electron chi connectivity index (χ1n) is 18.1. The van der Waals surface area contributed by atoms with Crippen molar-refractivity contribution in [2.24, 2.45) is 0 Å². The van der Waals surface area contributed by atoms with E-state index < -0.39 is 0 Å². The van der Waals surface area contributed by atoms with Crippen molar-refractivity contribution >= 4 is 27.2 Å². The molecule has 0 atom stereocenters. The summed E-state index contributed by atoms with van der Waals surface area (Å²) in [5.74, 6) is 0. The topological polar surface area (TPSA) is 30.2 Å². The molecule has 8 aromatic carbocycles. The van der Waals surface area contributed by atoms with Gasteiger partial charge in [0.25, 0.3) is 0 Å². The van der Waals surface area contributed by atoms with Gasteiger partial charge in [-0.25, -0.2) is 4.98 Å². The molecule has 3 nitrogen and oxygen atoms in total. The van der Waals surface area contributed by atoms with Crippen molar-refractivity contribution in [2.75, 3.05) is 0 Å². The molecule has 0 radical (unpaired) electrons. The van der Waals surface area contributed by atoms with E-state index in [-0.39, 0.29) is 0 Å². The highest BCUT2D eigenvalue weighted by atomic mass is 15.0. The molecule has 0 N–H and O–H groups in total. The highest BCUT2D eigenvalue weighted by Gasteiger charge is 2.31. The maximum atomic E-state index is 5.01. The molecule has 0 saturated heterocycles. The smallest absolute Gasteiger partial charge is 0.156 e. The van der Waals surface area contributed by atoms with Gasteiger partial charge in [0.05, 0.1) is 17.6 Å². The first kappa shape index (κ1) is 29.6. The summed E-state index contributed by atoms with van der Waals surface area (Å²) in [5.41, 5.74) is 17.7. The van der Waals surface area contributed by atoms with E-state index in [4.69, 9.17) is 4.98 Å². The molecule has 0 aliphatic heterocycles. The fourth-order valence-electron chi connectivity index (χ4n) is 8.65. The molecule has 0 fully saturated rings. The van der Waals surface area contributed by atoms with Crippen LogP contribution in [0.2, 0.25) is 0 Å². The summed E-state index contributed by atoms with van der Waals surface area (Å²) < 4.78 is 2.14. The van der Waals surface area contributed by atoms with E-state index in [1.807, 2.05) is 24.7 Å². The quantitative estimate of drug-likeness (QED) is 0.182. The van der Waals surface area contributed by atoms with Crippen LogP contribution in [0.15, 0.2) is 188 Å². The van der Waals surface area contributed by atoms with Crippen LogP contribution >= 0.6 is 0 Å². The standard InChI is InChI=1S/C50H31N3/c1-4-13-33(14-5-1)44-39-19-10-11-20-40(39)45(34-15-6-2-7-16-34)48-42-28-27-37(38-21-12-22-41(46(38)42)47(44)48)32-23-25-36(26-24-32)50-49(35-17-8-3-9-18-35)52-43-31-51-29-30-53(43)50/h1-31H. The van der Waals surface area contributed by atoms with Crippen molar-refractivity contribution in [1.29, 1.82) is 0 Å². The first-order chi connectivity index (χ1) is 26.3. The molecule has 2 heterocycles. The van der Waals surface area contributed by atoms with Crippen LogP contribution < -0.4 is 0 Å². The van der Waals surface area contributed by atoms with Crippen molar-refractivity contribution in [3.8, 4) is 78.1 Å². The van der Waals surface area contributed by atoms with Gasteiger partial charge in [0.15, 0.2) is 5.65 Å². The zero-order chi connectivity index (χ0) is 34.9. The van der Waals surface area contributed by atoms with Gasteiger partial charge >= 0.3 is 0 Å². The molecule has 0 unspecified atom stereocenters. The van der Waals surface area contributed by atoms with Gasteiger partial charge in [-0.2, -0.15) is 0 Å². The highest BCUT2D eigenvalue weighted by molar-refractivity contribution is 6.28. The fraction of sp³-hybridized carbons (Fsp3) is 0. The van der Waals surface area contributed by atoms with Gasteiger partial charge in [0.1, 0.15) is 0 Å². The molecule has 246 valence electrons. The lowest BCUT2D eigenvalue weighted by Crippen LogP contribution is -1.93. The molecular formula is C50H31N3. The average Bonchev–Trinajstić information content (AvgIpc) is 3.78. The zero-order valence-corrected chi connectivity index (χ0v) is 28.7. The van der Waals surface area contributed by atoms with Crippen LogP contribution in [0, 0.1) is 0 Å². The van der Waals surface area contributed by atoms with E-state index in [0.29, 0.717) is 0 Å². The summed E-state index contributed by atoms with van der Waals surface area (Å²) in [5, 5.41) is 5.12. The van der Waals surface area contributed by atoms with E-state index in [1.54, 1.807) is 0 Å². The molecule has 0 amide bonds. The number of rotatable bonds is 5. The molecule has 0 saturated carbocycles. The third-order valence-corrected chi connectivity index (χ3v) is 10.9. The Morgan fingerprint density at radius 3 is 1.55 bits per heavy atom. The van der Waals surface area contributed by atoms with Crippen molar-refractivity contribution in [1.82, 2.24) is 14.4 Å². The molecule has 3 heteroatoms. The SMILES string of the molecule is c1ccc(-c2nc3cnccn3c2-c2ccc(-c3ccc4c5c(cccc35)-c3c-4c(-c4ccccc4)c4ccccc4c3-c3ccccc3)cc2)cc1. The highest BCUT2D eigenvalue weighted by Crippen LogP contribution is 2.58. The molecule has 1 aliphatic rings. The summed E-state index contributed by atoms with van der Waals surface area (Å²) in [6.45, 7) is 0. The van der Waals surface area contributed by atoms with Gasteiger partial charge in [0.2, 0.25) is 0 Å². The van der Waals surface area contributed by atoms with Crippen LogP contribution in [0.1, 0.15) is 0 Å². The molecule has 10 aromatic rings. The van der Waals surface area contributed by atoms with Crippen molar-refractivity contribution in [2.45, 2.75) is 0 Å². The average molecular weight is 674 g/mol. The number of nitrogens with zero attached hydrogens (tertiary/aromatic N) is 3. The van der Waals surface area contributed by atoms with E-state index in [1.165, 1.54) is 77.2 Å². The minimum atomic E-state index is 0.829. The Labute approximate surface area is 307 Å². The fourth-order valence-corrected chi connectivity index (χ4v) is 8.65. The number of hydrogen-bond donors (Lipinski definition) is 0. The summed E-state index contributed by atoms with van der Waals surface area (Å²) in [6.07, 6.45) is 5.64. The summed E-state index contributed by atoms with van der Waals surface area (Å²) in [7, 11) is 0. The van der Waals surface area contributed by atoms with Crippen LogP contribution in [0.25, 0.3) is 105 Å². The van der Waals surface area contributed by atoms with E-state index in [9.17, 15) is 0 Å². The largest absolute Gasteiger partial charge is 0.296 e.